The number of anilines is 1. The SMILES string of the molecule is Cc1ccc(C(O)(CC(=O)Nc2cccc(-n3cc[nH]c3=O)c2)C(F)(F)F)o1. The van der Waals surface area contributed by atoms with Gasteiger partial charge < -0.3 is 19.8 Å². The first-order valence-corrected chi connectivity index (χ1v) is 8.12. The molecule has 148 valence electrons. The predicted molar refractivity (Wildman–Crippen MR) is 93.0 cm³/mol. The monoisotopic (exact) mass is 395 g/mol. The summed E-state index contributed by atoms with van der Waals surface area (Å²) in [5.41, 5.74) is -3.32. The number of aryl methyl sites for hydroxylation is 1. The Morgan fingerprint density at radius 3 is 2.61 bits per heavy atom. The molecule has 0 aliphatic carbocycles. The van der Waals surface area contributed by atoms with Crippen LogP contribution in [-0.2, 0) is 10.4 Å². The number of aromatic amines is 1. The van der Waals surface area contributed by atoms with Gasteiger partial charge in [-0.05, 0) is 37.3 Å². The van der Waals surface area contributed by atoms with Crippen molar-refractivity contribution in [1.29, 1.82) is 0 Å². The van der Waals surface area contributed by atoms with Crippen LogP contribution in [0.2, 0.25) is 0 Å². The highest BCUT2D eigenvalue weighted by molar-refractivity contribution is 5.91. The summed E-state index contributed by atoms with van der Waals surface area (Å²) < 4.78 is 46.6. The number of amides is 1. The van der Waals surface area contributed by atoms with E-state index in [-0.39, 0.29) is 11.4 Å². The highest BCUT2D eigenvalue weighted by Gasteiger charge is 2.58. The van der Waals surface area contributed by atoms with E-state index in [4.69, 9.17) is 4.42 Å². The summed E-state index contributed by atoms with van der Waals surface area (Å²) in [5.74, 6) is -1.67. The van der Waals surface area contributed by atoms with E-state index >= 15 is 0 Å². The first-order chi connectivity index (χ1) is 13.1. The molecule has 1 aromatic carbocycles. The van der Waals surface area contributed by atoms with Gasteiger partial charge in [0.05, 0.1) is 12.1 Å². The number of hydrogen-bond acceptors (Lipinski definition) is 4. The van der Waals surface area contributed by atoms with Crippen molar-refractivity contribution in [2.75, 3.05) is 5.32 Å². The minimum absolute atomic E-state index is 0.163. The molecule has 3 aromatic rings. The van der Waals surface area contributed by atoms with Crippen LogP contribution in [-0.4, -0.2) is 26.7 Å². The van der Waals surface area contributed by atoms with E-state index in [0.29, 0.717) is 5.69 Å². The Morgan fingerprint density at radius 2 is 2.04 bits per heavy atom. The molecule has 1 amide bonds. The third-order valence-corrected chi connectivity index (χ3v) is 4.09. The zero-order valence-corrected chi connectivity index (χ0v) is 14.6. The fourth-order valence-corrected chi connectivity index (χ4v) is 2.68. The summed E-state index contributed by atoms with van der Waals surface area (Å²) in [6.07, 6.45) is -3.54. The van der Waals surface area contributed by atoms with Crippen molar-refractivity contribution in [2.24, 2.45) is 0 Å². The Hall–Kier alpha value is -3.27. The molecule has 0 bridgehead atoms. The smallest absolute Gasteiger partial charge is 0.425 e. The summed E-state index contributed by atoms with van der Waals surface area (Å²) in [4.78, 5) is 26.3. The minimum atomic E-state index is -5.13. The van der Waals surface area contributed by atoms with E-state index in [1.165, 1.54) is 48.1 Å². The molecule has 0 fully saturated rings. The number of carbonyl (C=O) groups is 1. The van der Waals surface area contributed by atoms with Crippen LogP contribution >= 0.6 is 0 Å². The Balaban J connectivity index is 1.83. The molecule has 0 aliphatic heterocycles. The molecule has 0 spiro atoms. The van der Waals surface area contributed by atoms with Crippen LogP contribution < -0.4 is 11.0 Å². The van der Waals surface area contributed by atoms with Crippen LogP contribution in [0.4, 0.5) is 18.9 Å². The number of rotatable bonds is 5. The number of hydrogen-bond donors (Lipinski definition) is 3. The van der Waals surface area contributed by atoms with Crippen LogP contribution in [0.25, 0.3) is 5.69 Å². The van der Waals surface area contributed by atoms with Crippen molar-refractivity contribution in [1.82, 2.24) is 9.55 Å². The lowest BCUT2D eigenvalue weighted by Gasteiger charge is -2.28. The van der Waals surface area contributed by atoms with Crippen molar-refractivity contribution in [3.8, 4) is 5.69 Å². The lowest BCUT2D eigenvalue weighted by molar-refractivity contribution is -0.272. The second kappa shape index (κ2) is 7.04. The first kappa shape index (κ1) is 19.5. The van der Waals surface area contributed by atoms with E-state index in [0.717, 1.165) is 6.07 Å². The van der Waals surface area contributed by atoms with Gasteiger partial charge in [0.15, 0.2) is 0 Å². The number of aliphatic hydroxyl groups is 1. The van der Waals surface area contributed by atoms with Crippen LogP contribution in [0.5, 0.6) is 0 Å². The molecular formula is C18H16F3N3O4. The number of carbonyl (C=O) groups excluding carboxylic acids is 1. The summed E-state index contributed by atoms with van der Waals surface area (Å²) in [6, 6.07) is 8.22. The van der Waals surface area contributed by atoms with Crippen molar-refractivity contribution < 1.29 is 27.5 Å². The fraction of sp³-hybridized carbons (Fsp3) is 0.222. The first-order valence-electron chi connectivity index (χ1n) is 8.12. The van der Waals surface area contributed by atoms with Crippen molar-refractivity contribution in [3.63, 3.8) is 0 Å². The summed E-state index contributed by atoms with van der Waals surface area (Å²) >= 11 is 0. The molecule has 0 saturated carbocycles. The van der Waals surface area contributed by atoms with Gasteiger partial charge in [-0.15, -0.1) is 0 Å². The maximum Gasteiger partial charge on any atom is 0.425 e. The van der Waals surface area contributed by atoms with E-state index < -0.39 is 35.6 Å². The summed E-state index contributed by atoms with van der Waals surface area (Å²) in [6.45, 7) is 1.43. The van der Waals surface area contributed by atoms with Gasteiger partial charge in [-0.25, -0.2) is 4.79 Å². The highest BCUT2D eigenvalue weighted by atomic mass is 19.4. The average Bonchev–Trinajstić information content (AvgIpc) is 3.22. The normalized spacial score (nSPS) is 13.9. The molecule has 2 heterocycles. The number of nitrogens with one attached hydrogen (secondary N) is 2. The number of alkyl halides is 3. The lowest BCUT2D eigenvalue weighted by atomic mass is 9.95. The highest BCUT2D eigenvalue weighted by Crippen LogP contribution is 2.42. The number of halogens is 3. The molecule has 10 heteroatoms. The number of imidazole rings is 1. The zero-order valence-electron chi connectivity index (χ0n) is 14.6. The average molecular weight is 395 g/mol. The molecule has 3 N–H and O–H groups in total. The lowest BCUT2D eigenvalue weighted by Crippen LogP contribution is -2.44. The van der Waals surface area contributed by atoms with Gasteiger partial charge in [-0.3, -0.25) is 9.36 Å². The van der Waals surface area contributed by atoms with Gasteiger partial charge in [0.2, 0.25) is 11.5 Å². The van der Waals surface area contributed by atoms with E-state index in [9.17, 15) is 27.9 Å². The van der Waals surface area contributed by atoms with Gasteiger partial charge in [0.25, 0.3) is 0 Å². The Bertz CT molecular complexity index is 1050. The standard InChI is InChI=1S/C18H16F3N3O4/c1-11-5-6-14(28-11)17(27,18(19,20)21)10-15(25)23-12-3-2-4-13(9-12)24-8-7-22-16(24)26/h2-9,27H,10H2,1H3,(H,22,26)(H,23,25). The molecule has 0 saturated heterocycles. The summed E-state index contributed by atoms with van der Waals surface area (Å²) in [5, 5.41) is 12.5. The topological polar surface area (TPSA) is 100 Å². The largest absolute Gasteiger partial charge is 0.463 e. The predicted octanol–water partition coefficient (Wildman–Crippen LogP) is 2.85. The molecule has 1 unspecified atom stereocenters. The molecule has 7 nitrogen and oxygen atoms in total. The third kappa shape index (κ3) is 3.72. The van der Waals surface area contributed by atoms with Crippen LogP contribution in [0, 0.1) is 6.92 Å². The minimum Gasteiger partial charge on any atom is -0.463 e. The van der Waals surface area contributed by atoms with Gasteiger partial charge in [-0.1, -0.05) is 6.07 Å². The van der Waals surface area contributed by atoms with Crippen molar-refractivity contribution >= 4 is 11.6 Å². The van der Waals surface area contributed by atoms with Crippen LogP contribution in [0.15, 0.2) is 58.0 Å². The molecular weight excluding hydrogens is 379 g/mol. The zero-order chi connectivity index (χ0) is 20.5. The van der Waals surface area contributed by atoms with Crippen LogP contribution in [0.1, 0.15) is 17.9 Å². The molecule has 3 rings (SSSR count). The second-order valence-electron chi connectivity index (χ2n) is 6.18. The van der Waals surface area contributed by atoms with Gasteiger partial charge in [0.1, 0.15) is 11.5 Å². The van der Waals surface area contributed by atoms with Gasteiger partial charge in [-0.2, -0.15) is 13.2 Å². The maximum absolute atomic E-state index is 13.5. The molecule has 0 aliphatic rings. The molecule has 2 aromatic heterocycles. The number of benzene rings is 1. The molecule has 0 radical (unpaired) electrons. The Labute approximate surface area is 156 Å². The number of aromatic nitrogens is 2. The van der Waals surface area contributed by atoms with Crippen molar-refractivity contribution in [3.05, 3.63) is 70.8 Å². The number of nitrogens with zero attached hydrogens (tertiary/aromatic N) is 1. The third-order valence-electron chi connectivity index (χ3n) is 4.09. The Morgan fingerprint density at radius 1 is 1.29 bits per heavy atom. The number of furan rings is 1. The van der Waals surface area contributed by atoms with Crippen LogP contribution in [0.3, 0.4) is 0 Å². The van der Waals surface area contributed by atoms with Gasteiger partial charge in [0, 0.05) is 18.1 Å². The molecule has 28 heavy (non-hydrogen) atoms. The second-order valence-corrected chi connectivity index (χ2v) is 6.18. The van der Waals surface area contributed by atoms with Gasteiger partial charge >= 0.3 is 11.9 Å². The van der Waals surface area contributed by atoms with E-state index in [1.54, 1.807) is 6.07 Å². The van der Waals surface area contributed by atoms with E-state index in [1.807, 2.05) is 0 Å². The summed E-state index contributed by atoms with van der Waals surface area (Å²) in [7, 11) is 0. The molecule has 1 atom stereocenters. The quantitative estimate of drug-likeness (QED) is 0.619. The van der Waals surface area contributed by atoms with Crippen molar-refractivity contribution in [2.45, 2.75) is 25.1 Å². The number of H-pyrrole nitrogens is 1. The Kier molecular flexibility index (Phi) is 4.90. The maximum atomic E-state index is 13.5. The van der Waals surface area contributed by atoms with E-state index in [2.05, 4.69) is 10.3 Å². The fourth-order valence-electron chi connectivity index (χ4n) is 2.68.